The van der Waals surface area contributed by atoms with Crippen LogP contribution in [0.5, 0.6) is 0 Å². The van der Waals surface area contributed by atoms with Gasteiger partial charge in [-0.3, -0.25) is 4.57 Å². The summed E-state index contributed by atoms with van der Waals surface area (Å²) >= 11 is 0. The second kappa shape index (κ2) is 6.16. The summed E-state index contributed by atoms with van der Waals surface area (Å²) < 4.78 is 39.2. The van der Waals surface area contributed by atoms with E-state index in [1.165, 1.54) is 4.57 Å². The molecule has 7 heteroatoms. The molecule has 1 heterocycles. The molecule has 134 valence electrons. The van der Waals surface area contributed by atoms with Crippen LogP contribution in [0.4, 0.5) is 19.0 Å². The Balaban J connectivity index is 1.91. The highest BCUT2D eigenvalue weighted by molar-refractivity contribution is 5.91. The van der Waals surface area contributed by atoms with Crippen molar-refractivity contribution in [1.29, 1.82) is 0 Å². The van der Waals surface area contributed by atoms with E-state index >= 15 is 0 Å². The molecule has 0 amide bonds. The molecular weight excluding hydrogens is 343 g/mol. The van der Waals surface area contributed by atoms with Crippen LogP contribution >= 0.6 is 0 Å². The Morgan fingerprint density at radius 3 is 2.50 bits per heavy atom. The maximum atomic E-state index is 12.6. The lowest BCUT2D eigenvalue weighted by Crippen LogP contribution is -2.27. The molecule has 1 saturated carbocycles. The lowest BCUT2D eigenvalue weighted by Gasteiger charge is -2.15. The summed E-state index contributed by atoms with van der Waals surface area (Å²) in [5.41, 5.74) is 1.67. The molecule has 1 aromatic heterocycles. The first kappa shape index (κ1) is 16.6. The summed E-state index contributed by atoms with van der Waals surface area (Å²) in [7, 11) is 0. The Kier molecular flexibility index (Phi) is 3.94. The lowest BCUT2D eigenvalue weighted by atomic mass is 10.1. The molecule has 1 aliphatic rings. The fourth-order valence-corrected chi connectivity index (χ4v) is 3.06. The molecule has 0 radical (unpaired) electrons. The van der Waals surface area contributed by atoms with E-state index in [9.17, 15) is 18.0 Å². The number of rotatable bonds is 4. The molecule has 0 atom stereocenters. The lowest BCUT2D eigenvalue weighted by molar-refractivity contribution is -0.115. The molecular formula is C19H16F3N3O. The zero-order valence-corrected chi connectivity index (χ0v) is 13.8. The van der Waals surface area contributed by atoms with Gasteiger partial charge in [0.25, 0.3) is 0 Å². The molecule has 4 nitrogen and oxygen atoms in total. The molecule has 2 aromatic carbocycles. The number of para-hydroxylation sites is 1. The second-order valence-electron chi connectivity index (χ2n) is 6.43. The number of alkyl halides is 3. The molecule has 0 bridgehead atoms. The molecule has 26 heavy (non-hydrogen) atoms. The second-order valence-corrected chi connectivity index (χ2v) is 6.43. The topological polar surface area (TPSA) is 46.9 Å². The summed E-state index contributed by atoms with van der Waals surface area (Å²) in [5.74, 6) is 0.412. The van der Waals surface area contributed by atoms with Crippen molar-refractivity contribution >= 4 is 16.7 Å². The minimum atomic E-state index is -4.39. The van der Waals surface area contributed by atoms with Gasteiger partial charge in [0, 0.05) is 5.39 Å². The van der Waals surface area contributed by atoms with Crippen LogP contribution in [0.1, 0.15) is 24.3 Å². The number of halogens is 3. The van der Waals surface area contributed by atoms with Crippen LogP contribution in [-0.2, 0) is 0 Å². The van der Waals surface area contributed by atoms with E-state index in [1.54, 1.807) is 30.3 Å². The van der Waals surface area contributed by atoms with Crippen LogP contribution in [0.2, 0.25) is 0 Å². The number of nitrogens with one attached hydrogen (secondary N) is 1. The van der Waals surface area contributed by atoms with Crippen LogP contribution in [-0.4, -0.2) is 22.3 Å². The van der Waals surface area contributed by atoms with Crippen LogP contribution in [0.15, 0.2) is 53.3 Å². The standard InChI is InChI=1S/C19H16F3N3O/c20-19(21,22)11-23-17-15-9-8-13(12-6-7-12)10-16(15)25(18(26)24-17)14-4-2-1-3-5-14/h1-5,8-10,12H,6-7,11H2,(H,23,24,26). The molecule has 0 unspecified atom stereocenters. The van der Waals surface area contributed by atoms with Crippen LogP contribution in [0.25, 0.3) is 16.6 Å². The van der Waals surface area contributed by atoms with E-state index in [0.717, 1.165) is 18.4 Å². The average Bonchev–Trinajstić information content (AvgIpc) is 3.44. The van der Waals surface area contributed by atoms with Crippen molar-refractivity contribution in [3.63, 3.8) is 0 Å². The Bertz CT molecular complexity index is 1010. The highest BCUT2D eigenvalue weighted by Gasteiger charge is 2.28. The predicted molar refractivity (Wildman–Crippen MR) is 93.9 cm³/mol. The minimum absolute atomic E-state index is 0.0446. The Labute approximate surface area is 147 Å². The normalized spacial score (nSPS) is 14.6. The highest BCUT2D eigenvalue weighted by atomic mass is 19.4. The number of fused-ring (bicyclic) bond motifs is 1. The van der Waals surface area contributed by atoms with Crippen LogP contribution < -0.4 is 11.0 Å². The first-order valence-electron chi connectivity index (χ1n) is 8.35. The maximum absolute atomic E-state index is 12.6. The van der Waals surface area contributed by atoms with Gasteiger partial charge >= 0.3 is 11.9 Å². The molecule has 1 fully saturated rings. The Morgan fingerprint density at radius 2 is 1.85 bits per heavy atom. The van der Waals surface area contributed by atoms with Crippen molar-refractivity contribution in [2.24, 2.45) is 0 Å². The SMILES string of the molecule is O=c1nc(NCC(F)(F)F)c2ccc(C3CC3)cc2n1-c1ccccc1. The Morgan fingerprint density at radius 1 is 1.12 bits per heavy atom. The van der Waals surface area contributed by atoms with Gasteiger partial charge in [-0.2, -0.15) is 18.2 Å². The van der Waals surface area contributed by atoms with Gasteiger partial charge in [-0.15, -0.1) is 0 Å². The van der Waals surface area contributed by atoms with Gasteiger partial charge in [0.2, 0.25) is 0 Å². The van der Waals surface area contributed by atoms with Gasteiger partial charge < -0.3 is 5.32 Å². The third-order valence-electron chi connectivity index (χ3n) is 4.44. The van der Waals surface area contributed by atoms with Crippen molar-refractivity contribution < 1.29 is 13.2 Å². The Hall–Kier alpha value is -2.83. The first-order valence-corrected chi connectivity index (χ1v) is 8.35. The number of benzene rings is 2. The monoisotopic (exact) mass is 359 g/mol. The summed E-state index contributed by atoms with van der Waals surface area (Å²) in [5, 5.41) is 2.75. The summed E-state index contributed by atoms with van der Waals surface area (Å²) in [6.07, 6.45) is -2.22. The van der Waals surface area contributed by atoms with Crippen molar-refractivity contribution in [2.45, 2.75) is 24.9 Å². The zero-order chi connectivity index (χ0) is 18.3. The van der Waals surface area contributed by atoms with Crippen LogP contribution in [0.3, 0.4) is 0 Å². The molecule has 1 N–H and O–H groups in total. The third-order valence-corrected chi connectivity index (χ3v) is 4.44. The molecule has 0 spiro atoms. The third kappa shape index (κ3) is 3.29. The molecule has 0 saturated heterocycles. The van der Waals surface area contributed by atoms with Gasteiger partial charge in [-0.1, -0.05) is 24.3 Å². The van der Waals surface area contributed by atoms with Gasteiger partial charge in [0.1, 0.15) is 12.4 Å². The average molecular weight is 359 g/mol. The van der Waals surface area contributed by atoms with E-state index in [2.05, 4.69) is 10.3 Å². The fraction of sp³-hybridized carbons (Fsp3) is 0.263. The first-order chi connectivity index (χ1) is 12.4. The van der Waals surface area contributed by atoms with Crippen LogP contribution in [0, 0.1) is 0 Å². The number of aromatic nitrogens is 2. The van der Waals surface area contributed by atoms with E-state index in [0.29, 0.717) is 22.5 Å². The molecule has 1 aliphatic carbocycles. The van der Waals surface area contributed by atoms with Gasteiger partial charge in [0.05, 0.1) is 11.2 Å². The zero-order valence-electron chi connectivity index (χ0n) is 13.8. The molecule has 4 rings (SSSR count). The number of anilines is 1. The highest BCUT2D eigenvalue weighted by Crippen LogP contribution is 2.41. The molecule has 3 aromatic rings. The van der Waals surface area contributed by atoms with Crippen molar-refractivity contribution in [2.75, 3.05) is 11.9 Å². The van der Waals surface area contributed by atoms with E-state index in [1.807, 2.05) is 18.2 Å². The summed E-state index contributed by atoms with van der Waals surface area (Å²) in [4.78, 5) is 16.5. The summed E-state index contributed by atoms with van der Waals surface area (Å²) in [6.45, 7) is -1.24. The van der Waals surface area contributed by atoms with E-state index in [4.69, 9.17) is 0 Å². The van der Waals surface area contributed by atoms with Crippen molar-refractivity contribution in [3.05, 3.63) is 64.6 Å². The molecule has 0 aliphatic heterocycles. The van der Waals surface area contributed by atoms with E-state index in [-0.39, 0.29) is 5.82 Å². The largest absolute Gasteiger partial charge is 0.405 e. The quantitative estimate of drug-likeness (QED) is 0.758. The number of hydrogen-bond acceptors (Lipinski definition) is 3. The predicted octanol–water partition coefficient (Wildman–Crippen LogP) is 4.24. The van der Waals surface area contributed by atoms with Crippen molar-refractivity contribution in [3.8, 4) is 5.69 Å². The van der Waals surface area contributed by atoms with E-state index < -0.39 is 18.4 Å². The fourth-order valence-electron chi connectivity index (χ4n) is 3.06. The number of hydrogen-bond donors (Lipinski definition) is 1. The van der Waals surface area contributed by atoms with Gasteiger partial charge in [0.15, 0.2) is 0 Å². The minimum Gasteiger partial charge on any atom is -0.360 e. The summed E-state index contributed by atoms with van der Waals surface area (Å²) in [6, 6.07) is 14.5. The number of nitrogens with zero attached hydrogens (tertiary/aromatic N) is 2. The van der Waals surface area contributed by atoms with Crippen molar-refractivity contribution in [1.82, 2.24) is 9.55 Å². The smallest absolute Gasteiger partial charge is 0.360 e. The van der Waals surface area contributed by atoms with Gasteiger partial charge in [-0.25, -0.2) is 4.79 Å². The maximum Gasteiger partial charge on any atom is 0.405 e. The van der Waals surface area contributed by atoms with Gasteiger partial charge in [-0.05, 0) is 48.6 Å².